The molecule has 3 aromatic rings. The summed E-state index contributed by atoms with van der Waals surface area (Å²) in [6.45, 7) is 2.37. The van der Waals surface area contributed by atoms with Gasteiger partial charge >= 0.3 is 7.82 Å². The number of pyridine rings is 1. The fourth-order valence-electron chi connectivity index (χ4n) is 7.14. The summed E-state index contributed by atoms with van der Waals surface area (Å²) >= 11 is 0. The number of nitriles is 2. The van der Waals surface area contributed by atoms with Gasteiger partial charge in [-0.05, 0) is 24.6 Å². The van der Waals surface area contributed by atoms with E-state index in [1.165, 1.54) is 112 Å². The number of anilines is 1. The van der Waals surface area contributed by atoms with Gasteiger partial charge in [-0.3, -0.25) is 4.52 Å². The molecular weight excluding hydrogens is 741 g/mol. The van der Waals surface area contributed by atoms with Gasteiger partial charge in [0.1, 0.15) is 48.0 Å². The second kappa shape index (κ2) is 22.9. The fourth-order valence-corrected chi connectivity index (χ4v) is 7.71. The third kappa shape index (κ3) is 13.2. The number of unbranched alkanes of at least 4 members (excludes halogenated alkanes) is 15. The smallest absolute Gasteiger partial charge is 0.469 e. The molecule has 0 saturated carbocycles. The molecule has 1 saturated heterocycles. The average Bonchev–Trinajstić information content (AvgIpc) is 3.72. The van der Waals surface area contributed by atoms with E-state index in [1.807, 2.05) is 12.1 Å². The largest absolute Gasteiger partial charge is 0.469 e. The van der Waals surface area contributed by atoms with Crippen LogP contribution >= 0.6 is 7.82 Å². The van der Waals surface area contributed by atoms with E-state index in [9.17, 15) is 35.1 Å². The van der Waals surface area contributed by atoms with Crippen molar-refractivity contribution in [2.45, 2.75) is 152 Å². The highest BCUT2D eigenvalue weighted by Crippen LogP contribution is 2.45. The number of hydrogen-bond donors (Lipinski definition) is 5. The molecule has 0 aliphatic carbocycles. The Morgan fingerprint density at radius 3 is 2.14 bits per heavy atom. The highest BCUT2D eigenvalue weighted by atomic mass is 31.2. The summed E-state index contributed by atoms with van der Waals surface area (Å²) in [5.41, 5.74) is 4.23. The summed E-state index contributed by atoms with van der Waals surface area (Å²) in [5.74, 6) is 0.0725. The molecule has 0 aromatic carbocycles. The van der Waals surface area contributed by atoms with Crippen molar-refractivity contribution in [3.05, 3.63) is 48.0 Å². The van der Waals surface area contributed by atoms with Crippen molar-refractivity contribution >= 4 is 19.2 Å². The van der Waals surface area contributed by atoms with Gasteiger partial charge in [-0.15, -0.1) is 0 Å². The van der Waals surface area contributed by atoms with Crippen molar-refractivity contribution in [3.63, 3.8) is 0 Å². The summed E-state index contributed by atoms with van der Waals surface area (Å²) in [6, 6.07) is 11.3. The lowest BCUT2D eigenvalue weighted by Gasteiger charge is -2.30. The van der Waals surface area contributed by atoms with E-state index in [4.69, 9.17) is 24.5 Å². The van der Waals surface area contributed by atoms with Gasteiger partial charge < -0.3 is 39.9 Å². The zero-order valence-electron chi connectivity index (χ0n) is 32.3. The Hall–Kier alpha value is -3.70. The van der Waals surface area contributed by atoms with E-state index in [0.717, 1.165) is 32.0 Å². The zero-order valence-corrected chi connectivity index (χ0v) is 33.2. The fraction of sp³-hybridized carbons (Fsp3) is 0.667. The summed E-state index contributed by atoms with van der Waals surface area (Å²) in [7, 11) is -5.20. The third-order valence-electron chi connectivity index (χ3n) is 10.2. The van der Waals surface area contributed by atoms with Gasteiger partial charge in [-0.25, -0.2) is 19.0 Å². The first kappa shape index (κ1) is 45.0. The van der Waals surface area contributed by atoms with Crippen LogP contribution in [0.4, 0.5) is 5.82 Å². The molecule has 1 aliphatic rings. The Morgan fingerprint density at radius 1 is 0.929 bits per heavy atom. The molecule has 308 valence electrons. The lowest BCUT2D eigenvalue weighted by Crippen LogP contribution is -2.43. The number of rotatable bonds is 27. The molecule has 3 aromatic heterocycles. The summed E-state index contributed by atoms with van der Waals surface area (Å²) in [5, 5.41) is 46.3. The average molecular weight is 800 g/mol. The molecule has 1 fully saturated rings. The van der Waals surface area contributed by atoms with Gasteiger partial charge in [0.05, 0.1) is 18.4 Å². The predicted molar refractivity (Wildman–Crippen MR) is 207 cm³/mol. The van der Waals surface area contributed by atoms with Gasteiger partial charge in [0.25, 0.3) is 0 Å². The van der Waals surface area contributed by atoms with Crippen LogP contribution in [-0.2, 0) is 24.2 Å². The Balaban J connectivity index is 1.33. The standard InChI is InChI=1S/C39H58N7O9P/c1-2-3-4-5-6-7-8-9-10-11-12-13-14-15-16-17-23-52-26-33(53-35-20-18-19-29(25-40)45-35)31(55-56(49,50)51)24-32-36(47)37(48)39(27-41,54-32)34-22-21-30-38(42)43-28-44-46(30)34/h18-22,28,31-33,36-37,47-48H,2-17,23-24,26H2,1H3,(H2,42,43,44)(H2,49,50,51)/t31?,32-,33?,36-,37-,39+/m1/s1. The molecule has 56 heavy (non-hydrogen) atoms. The molecule has 0 bridgehead atoms. The van der Waals surface area contributed by atoms with Crippen LogP contribution in [0.5, 0.6) is 5.88 Å². The van der Waals surface area contributed by atoms with Crippen LogP contribution in [-0.4, -0.2) is 83.3 Å². The van der Waals surface area contributed by atoms with E-state index in [0.29, 0.717) is 12.1 Å². The molecule has 4 rings (SSSR count). The van der Waals surface area contributed by atoms with E-state index in [-0.39, 0.29) is 29.7 Å². The minimum absolute atomic E-state index is 0.0319. The number of nitrogen functional groups attached to an aromatic ring is 1. The van der Waals surface area contributed by atoms with Crippen molar-refractivity contribution in [1.29, 1.82) is 10.5 Å². The quantitative estimate of drug-likeness (QED) is 0.0437. The molecule has 17 heteroatoms. The first-order valence-corrected chi connectivity index (χ1v) is 21.5. The molecule has 0 amide bonds. The molecule has 1 aliphatic heterocycles. The van der Waals surface area contributed by atoms with Crippen molar-refractivity contribution in [2.75, 3.05) is 18.9 Å². The monoisotopic (exact) mass is 799 g/mol. The number of aliphatic hydroxyl groups is 2. The van der Waals surface area contributed by atoms with Crippen LogP contribution in [0.3, 0.4) is 0 Å². The van der Waals surface area contributed by atoms with Gasteiger partial charge in [0, 0.05) is 19.1 Å². The van der Waals surface area contributed by atoms with E-state index >= 15 is 0 Å². The second-order valence-electron chi connectivity index (χ2n) is 14.5. The Morgan fingerprint density at radius 2 is 1.55 bits per heavy atom. The number of hydrogen-bond acceptors (Lipinski definition) is 13. The number of phosphoric acid groups is 1. The topological polar surface area (TPSA) is 252 Å². The van der Waals surface area contributed by atoms with Crippen molar-refractivity contribution < 1.29 is 43.3 Å². The van der Waals surface area contributed by atoms with Gasteiger partial charge in [-0.1, -0.05) is 109 Å². The number of phosphoric ester groups is 1. The van der Waals surface area contributed by atoms with Crippen LogP contribution in [0.15, 0.2) is 36.7 Å². The van der Waals surface area contributed by atoms with Crippen molar-refractivity contribution in [2.24, 2.45) is 0 Å². The van der Waals surface area contributed by atoms with Crippen LogP contribution in [0.2, 0.25) is 0 Å². The normalized spacial score (nSPS) is 20.8. The summed E-state index contributed by atoms with van der Waals surface area (Å²) in [6.07, 6.45) is 12.7. The molecular formula is C39H58N7O9P. The number of nitrogens with zero attached hydrogens (tertiary/aromatic N) is 6. The number of fused-ring (bicyclic) bond motifs is 1. The molecule has 6 atom stereocenters. The first-order valence-electron chi connectivity index (χ1n) is 19.9. The maximum atomic E-state index is 12.3. The van der Waals surface area contributed by atoms with E-state index < -0.39 is 50.4 Å². The number of aromatic nitrogens is 4. The van der Waals surface area contributed by atoms with Crippen LogP contribution in [0.1, 0.15) is 127 Å². The molecule has 2 unspecified atom stereocenters. The zero-order chi connectivity index (χ0) is 40.4. The number of nitrogens with two attached hydrogens (primary N) is 1. The maximum Gasteiger partial charge on any atom is 0.469 e. The molecule has 6 N–H and O–H groups in total. The number of aliphatic hydroxyl groups excluding tert-OH is 2. The molecule has 16 nitrogen and oxygen atoms in total. The number of ether oxygens (including phenoxy) is 3. The predicted octanol–water partition coefficient (Wildman–Crippen LogP) is 6.01. The molecule has 0 spiro atoms. The maximum absolute atomic E-state index is 12.3. The van der Waals surface area contributed by atoms with Crippen molar-refractivity contribution in [1.82, 2.24) is 19.6 Å². The minimum Gasteiger partial charge on any atom is -0.469 e. The van der Waals surface area contributed by atoms with Crippen molar-refractivity contribution in [3.8, 4) is 18.0 Å². The second-order valence-corrected chi connectivity index (χ2v) is 15.7. The Kier molecular flexibility index (Phi) is 18.4. The lowest BCUT2D eigenvalue weighted by molar-refractivity contribution is -0.0822. The summed E-state index contributed by atoms with van der Waals surface area (Å²) in [4.78, 5) is 28.0. The summed E-state index contributed by atoms with van der Waals surface area (Å²) < 4.78 is 36.8. The van der Waals surface area contributed by atoms with Gasteiger partial charge in [-0.2, -0.15) is 15.6 Å². The van der Waals surface area contributed by atoms with Gasteiger partial charge in [0.2, 0.25) is 11.5 Å². The van der Waals surface area contributed by atoms with Gasteiger partial charge in [0.15, 0.2) is 11.9 Å². The molecule has 4 heterocycles. The Bertz CT molecular complexity index is 1760. The van der Waals surface area contributed by atoms with E-state index in [2.05, 4.69) is 22.0 Å². The van der Waals surface area contributed by atoms with Crippen LogP contribution in [0, 0.1) is 22.7 Å². The SMILES string of the molecule is CCCCCCCCCCCCCCCCCCOCC(Oc1cccc(C#N)n1)C(C[C@H]1O[C@@](C#N)(c2ccc3c(N)ncnn23)[C@H](O)[C@@H]1O)OP(=O)(O)O. The third-order valence-corrected chi connectivity index (χ3v) is 10.7. The Labute approximate surface area is 329 Å². The lowest BCUT2D eigenvalue weighted by atomic mass is 9.91. The minimum atomic E-state index is -5.20. The first-order chi connectivity index (χ1) is 27.0. The van der Waals surface area contributed by atoms with E-state index in [1.54, 1.807) is 0 Å². The molecule has 0 radical (unpaired) electrons. The highest BCUT2D eigenvalue weighted by molar-refractivity contribution is 7.46. The highest BCUT2D eigenvalue weighted by Gasteiger charge is 2.58. The van der Waals surface area contributed by atoms with Crippen LogP contribution in [0.25, 0.3) is 5.52 Å². The van der Waals surface area contributed by atoms with Crippen LogP contribution < -0.4 is 10.5 Å².